The van der Waals surface area contributed by atoms with Gasteiger partial charge in [-0.25, -0.2) is 0 Å². The first-order valence-corrected chi connectivity index (χ1v) is 8.04. The number of aliphatic hydroxyl groups is 2. The van der Waals surface area contributed by atoms with Crippen molar-refractivity contribution in [2.24, 2.45) is 0 Å². The molecular weight excluding hydrogens is 316 g/mol. The third-order valence-electron chi connectivity index (χ3n) is 3.40. The molecule has 2 N–H and O–H groups in total. The minimum absolute atomic E-state index is 0.0483. The first kappa shape index (κ1) is 17.3. The highest BCUT2D eigenvalue weighted by Gasteiger charge is 2.19. The molecule has 2 aromatic rings. The summed E-state index contributed by atoms with van der Waals surface area (Å²) >= 11 is 1.38. The lowest BCUT2D eigenvalue weighted by Crippen LogP contribution is -2.24. The summed E-state index contributed by atoms with van der Waals surface area (Å²) in [7, 11) is 0. The van der Waals surface area contributed by atoms with Crippen molar-refractivity contribution < 1.29 is 24.5 Å². The predicted molar refractivity (Wildman–Crippen MR) is 86.7 cm³/mol. The molecule has 0 bridgehead atoms. The van der Waals surface area contributed by atoms with Gasteiger partial charge in [0.05, 0.1) is 17.4 Å². The van der Waals surface area contributed by atoms with Gasteiger partial charge in [0.25, 0.3) is 0 Å². The number of carbonyl (C=O) groups excluding carboxylic acids is 2. The van der Waals surface area contributed by atoms with Crippen molar-refractivity contribution in [3.8, 4) is 0 Å². The molecule has 0 saturated heterocycles. The van der Waals surface area contributed by atoms with Crippen LogP contribution in [0.25, 0.3) is 0 Å². The Bertz CT molecular complexity index is 648. The number of esters is 1. The van der Waals surface area contributed by atoms with Gasteiger partial charge in [0, 0.05) is 5.56 Å². The zero-order valence-corrected chi connectivity index (χ0v) is 13.5. The lowest BCUT2D eigenvalue weighted by molar-refractivity contribution is -0.148. The number of ketones is 1. The quantitative estimate of drug-likeness (QED) is 0.597. The number of aliphatic hydroxyl groups excluding tert-OH is 2. The van der Waals surface area contributed by atoms with Gasteiger partial charge in [-0.15, -0.1) is 11.3 Å². The van der Waals surface area contributed by atoms with Gasteiger partial charge in [-0.05, 0) is 23.9 Å². The highest BCUT2D eigenvalue weighted by atomic mass is 32.1. The molecule has 2 atom stereocenters. The fourth-order valence-electron chi connectivity index (χ4n) is 1.97. The standard InChI is InChI=1S/C17H18O5S/c1-11(17(21)22-10-14(19)9-18)12-4-6-13(7-5-12)16(20)15-3-2-8-23-15/h2-8,11,14,18-19H,9-10H2,1H3/t11?,14-/m0/s1. The van der Waals surface area contributed by atoms with Crippen LogP contribution in [-0.4, -0.2) is 41.3 Å². The molecule has 6 heteroatoms. The molecule has 0 aliphatic heterocycles. The normalized spacial score (nSPS) is 13.3. The van der Waals surface area contributed by atoms with E-state index in [1.54, 1.807) is 37.3 Å². The van der Waals surface area contributed by atoms with Gasteiger partial charge in [-0.3, -0.25) is 9.59 Å². The maximum atomic E-state index is 12.2. The van der Waals surface area contributed by atoms with Gasteiger partial charge < -0.3 is 14.9 Å². The Morgan fingerprint density at radius 3 is 2.48 bits per heavy atom. The maximum Gasteiger partial charge on any atom is 0.313 e. The molecule has 0 fully saturated rings. The summed E-state index contributed by atoms with van der Waals surface area (Å²) in [5.41, 5.74) is 1.28. The third-order valence-corrected chi connectivity index (χ3v) is 4.27. The minimum atomic E-state index is -1.07. The Hall–Kier alpha value is -2.02. The zero-order valence-electron chi connectivity index (χ0n) is 12.6. The molecule has 2 rings (SSSR count). The topological polar surface area (TPSA) is 83.8 Å². The second-order valence-corrected chi connectivity index (χ2v) is 6.06. The first-order chi connectivity index (χ1) is 11.0. The molecule has 0 radical (unpaired) electrons. The molecule has 0 spiro atoms. The number of hydrogen-bond acceptors (Lipinski definition) is 6. The summed E-state index contributed by atoms with van der Waals surface area (Å²) in [6, 6.07) is 10.4. The monoisotopic (exact) mass is 334 g/mol. The van der Waals surface area contributed by atoms with Crippen LogP contribution in [0.1, 0.15) is 33.6 Å². The Kier molecular flexibility index (Phi) is 6.04. The van der Waals surface area contributed by atoms with Crippen LogP contribution in [0.2, 0.25) is 0 Å². The van der Waals surface area contributed by atoms with Crippen LogP contribution < -0.4 is 0 Å². The van der Waals surface area contributed by atoms with Crippen LogP contribution in [-0.2, 0) is 9.53 Å². The molecule has 0 aliphatic rings. The van der Waals surface area contributed by atoms with Crippen molar-refractivity contribution in [3.05, 3.63) is 57.8 Å². The number of hydrogen-bond donors (Lipinski definition) is 2. The molecule has 0 saturated carbocycles. The van der Waals surface area contributed by atoms with Gasteiger partial charge in [0.15, 0.2) is 0 Å². The van der Waals surface area contributed by atoms with E-state index in [9.17, 15) is 14.7 Å². The molecule has 122 valence electrons. The lowest BCUT2D eigenvalue weighted by atomic mass is 9.98. The number of carbonyl (C=O) groups is 2. The third kappa shape index (κ3) is 4.48. The van der Waals surface area contributed by atoms with Crippen LogP contribution in [0.5, 0.6) is 0 Å². The number of benzene rings is 1. The summed E-state index contributed by atoms with van der Waals surface area (Å²) in [5.74, 6) is -1.06. The highest BCUT2D eigenvalue weighted by molar-refractivity contribution is 7.12. The van der Waals surface area contributed by atoms with E-state index in [0.29, 0.717) is 10.4 Å². The first-order valence-electron chi connectivity index (χ1n) is 7.16. The summed E-state index contributed by atoms with van der Waals surface area (Å²) in [5, 5.41) is 19.7. The maximum absolute atomic E-state index is 12.2. The van der Waals surface area contributed by atoms with Crippen molar-refractivity contribution in [1.82, 2.24) is 0 Å². The largest absolute Gasteiger partial charge is 0.462 e. The summed E-state index contributed by atoms with van der Waals surface area (Å²) in [4.78, 5) is 24.8. The lowest BCUT2D eigenvalue weighted by Gasteiger charge is -2.14. The van der Waals surface area contributed by atoms with Gasteiger partial charge in [0.1, 0.15) is 12.7 Å². The van der Waals surface area contributed by atoms with Gasteiger partial charge in [0.2, 0.25) is 5.78 Å². The number of ether oxygens (including phenoxy) is 1. The van der Waals surface area contributed by atoms with Crippen molar-refractivity contribution >= 4 is 23.1 Å². The fraction of sp³-hybridized carbons (Fsp3) is 0.294. The van der Waals surface area contributed by atoms with E-state index < -0.39 is 24.6 Å². The zero-order chi connectivity index (χ0) is 16.8. The van der Waals surface area contributed by atoms with Crippen molar-refractivity contribution in [3.63, 3.8) is 0 Å². The van der Waals surface area contributed by atoms with E-state index >= 15 is 0 Å². The Labute approximate surface area is 138 Å². The number of thiophene rings is 1. The Balaban J connectivity index is 2.01. The van der Waals surface area contributed by atoms with E-state index in [0.717, 1.165) is 5.56 Å². The van der Waals surface area contributed by atoms with Gasteiger partial charge in [-0.1, -0.05) is 30.3 Å². The molecule has 23 heavy (non-hydrogen) atoms. The molecule has 1 aromatic carbocycles. The molecule has 1 aromatic heterocycles. The van der Waals surface area contributed by atoms with Crippen molar-refractivity contribution in [1.29, 1.82) is 0 Å². The molecule has 1 unspecified atom stereocenters. The highest BCUT2D eigenvalue weighted by Crippen LogP contribution is 2.20. The second-order valence-electron chi connectivity index (χ2n) is 5.12. The van der Waals surface area contributed by atoms with Crippen LogP contribution in [0.4, 0.5) is 0 Å². The summed E-state index contributed by atoms with van der Waals surface area (Å²) < 4.78 is 4.93. The minimum Gasteiger partial charge on any atom is -0.462 e. The summed E-state index contributed by atoms with van der Waals surface area (Å²) in [6.45, 7) is 0.986. The molecule has 0 amide bonds. The van der Waals surface area contributed by atoms with E-state index in [4.69, 9.17) is 9.84 Å². The van der Waals surface area contributed by atoms with Gasteiger partial charge in [-0.2, -0.15) is 0 Å². The molecule has 1 heterocycles. The van der Waals surface area contributed by atoms with Gasteiger partial charge >= 0.3 is 5.97 Å². The van der Waals surface area contributed by atoms with Crippen LogP contribution >= 0.6 is 11.3 Å². The number of rotatable bonds is 7. The smallest absolute Gasteiger partial charge is 0.313 e. The van der Waals surface area contributed by atoms with E-state index in [-0.39, 0.29) is 12.4 Å². The SMILES string of the molecule is CC(C(=O)OC[C@@H](O)CO)c1ccc(C(=O)c2cccs2)cc1. The van der Waals surface area contributed by atoms with Crippen LogP contribution in [0.15, 0.2) is 41.8 Å². The van der Waals surface area contributed by atoms with E-state index in [1.807, 2.05) is 11.4 Å². The van der Waals surface area contributed by atoms with Crippen LogP contribution in [0, 0.1) is 0 Å². The van der Waals surface area contributed by atoms with E-state index in [2.05, 4.69) is 0 Å². The van der Waals surface area contributed by atoms with Crippen molar-refractivity contribution in [2.75, 3.05) is 13.2 Å². The molecular formula is C17H18O5S. The Morgan fingerprint density at radius 1 is 1.22 bits per heavy atom. The fourth-order valence-corrected chi connectivity index (χ4v) is 2.65. The average Bonchev–Trinajstić information content (AvgIpc) is 3.12. The summed E-state index contributed by atoms with van der Waals surface area (Å²) in [6.07, 6.45) is -1.07. The second kappa shape index (κ2) is 8.01. The Morgan fingerprint density at radius 2 is 1.91 bits per heavy atom. The average molecular weight is 334 g/mol. The van der Waals surface area contributed by atoms with Crippen LogP contribution in [0.3, 0.4) is 0 Å². The molecule has 5 nitrogen and oxygen atoms in total. The molecule has 0 aliphatic carbocycles. The van der Waals surface area contributed by atoms with Crippen molar-refractivity contribution in [2.45, 2.75) is 18.9 Å². The predicted octanol–water partition coefficient (Wildman–Crippen LogP) is 1.98. The van der Waals surface area contributed by atoms with E-state index in [1.165, 1.54) is 11.3 Å².